The smallest absolute Gasteiger partial charge is 0.228 e. The lowest BCUT2D eigenvalue weighted by Gasteiger charge is -2.15. The molecular weight excluding hydrogens is 260 g/mol. The second-order valence-corrected chi connectivity index (χ2v) is 5.71. The van der Waals surface area contributed by atoms with Crippen LogP contribution in [0.3, 0.4) is 0 Å². The molecule has 1 amide bonds. The Morgan fingerprint density at radius 2 is 2.35 bits per heavy atom. The summed E-state index contributed by atoms with van der Waals surface area (Å²) in [5.41, 5.74) is 0.689. The van der Waals surface area contributed by atoms with Crippen LogP contribution in [0.1, 0.15) is 13.3 Å². The first kappa shape index (κ1) is 12.4. The van der Waals surface area contributed by atoms with Crippen molar-refractivity contribution in [3.63, 3.8) is 0 Å². The van der Waals surface area contributed by atoms with Crippen LogP contribution in [0.5, 0.6) is 0 Å². The van der Waals surface area contributed by atoms with Gasteiger partial charge in [0.1, 0.15) is 0 Å². The average molecular weight is 271 g/mol. The molecule has 90 valence electrons. The summed E-state index contributed by atoms with van der Waals surface area (Å²) in [5, 5.41) is 0.561. The van der Waals surface area contributed by atoms with Gasteiger partial charge in [-0.25, -0.2) is 0 Å². The Bertz CT molecular complexity index is 467. The highest BCUT2D eigenvalue weighted by Gasteiger charge is 2.32. The maximum Gasteiger partial charge on any atom is 0.228 e. The highest BCUT2D eigenvalue weighted by Crippen LogP contribution is 2.29. The molecule has 1 aromatic rings. The highest BCUT2D eigenvalue weighted by atomic mass is 35.5. The summed E-state index contributed by atoms with van der Waals surface area (Å²) in [6, 6.07) is 1.70. The number of carbonyl (C=O) groups excluding carboxylic acids is 2. The predicted molar refractivity (Wildman–Crippen MR) is 68.3 cm³/mol. The first-order valence-corrected chi connectivity index (χ1v) is 6.40. The molecule has 2 rings (SSSR count). The lowest BCUT2D eigenvalue weighted by Crippen LogP contribution is -2.25. The lowest BCUT2D eigenvalue weighted by atomic mass is 10.4. The fourth-order valence-corrected chi connectivity index (χ4v) is 2.87. The number of aromatic nitrogens is 1. The van der Waals surface area contributed by atoms with Gasteiger partial charge in [0.15, 0.2) is 5.12 Å². The summed E-state index contributed by atoms with van der Waals surface area (Å²) in [7, 11) is 0. The minimum atomic E-state index is 0.00724. The minimum absolute atomic E-state index is 0.00724. The molecule has 0 saturated carbocycles. The number of nitrogens with zero attached hydrogens (tertiary/aromatic N) is 2. The van der Waals surface area contributed by atoms with Crippen molar-refractivity contribution in [2.75, 3.05) is 11.4 Å². The van der Waals surface area contributed by atoms with E-state index in [9.17, 15) is 9.59 Å². The van der Waals surface area contributed by atoms with Gasteiger partial charge in [-0.1, -0.05) is 23.4 Å². The maximum atomic E-state index is 11.8. The Labute approximate surface area is 108 Å². The minimum Gasteiger partial charge on any atom is -0.310 e. The Hall–Kier alpha value is -1.07. The molecule has 1 unspecified atom stereocenters. The lowest BCUT2D eigenvalue weighted by molar-refractivity contribution is -0.117. The van der Waals surface area contributed by atoms with E-state index in [0.29, 0.717) is 23.7 Å². The van der Waals surface area contributed by atoms with Crippen LogP contribution in [0.15, 0.2) is 18.5 Å². The zero-order valence-corrected chi connectivity index (χ0v) is 10.8. The van der Waals surface area contributed by atoms with Crippen molar-refractivity contribution in [1.29, 1.82) is 0 Å². The molecule has 0 aliphatic carbocycles. The molecule has 6 heteroatoms. The largest absolute Gasteiger partial charge is 0.310 e. The second-order valence-electron chi connectivity index (χ2n) is 3.80. The molecule has 1 aromatic heterocycles. The molecule has 0 aromatic carbocycles. The van der Waals surface area contributed by atoms with Crippen LogP contribution in [0, 0.1) is 0 Å². The normalized spacial score (nSPS) is 19.8. The summed E-state index contributed by atoms with van der Waals surface area (Å²) in [6.07, 6.45) is 3.51. The van der Waals surface area contributed by atoms with Crippen molar-refractivity contribution in [3.05, 3.63) is 23.5 Å². The van der Waals surface area contributed by atoms with E-state index in [-0.39, 0.29) is 16.3 Å². The van der Waals surface area contributed by atoms with E-state index in [4.69, 9.17) is 11.6 Å². The fourth-order valence-electron chi connectivity index (χ4n) is 1.79. The number of rotatable bonds is 2. The Morgan fingerprint density at radius 1 is 1.59 bits per heavy atom. The molecule has 17 heavy (non-hydrogen) atoms. The standard InChI is InChI=1S/C11H11ClN2O2S/c1-7(15)17-10-3-11(16)14(6-10)9-2-8(12)4-13-5-9/h2,4-5,10H,3,6H2,1H3. The summed E-state index contributed by atoms with van der Waals surface area (Å²) in [6.45, 7) is 2.05. The van der Waals surface area contributed by atoms with Crippen LogP contribution in [-0.4, -0.2) is 27.8 Å². The van der Waals surface area contributed by atoms with E-state index in [0.717, 1.165) is 0 Å². The van der Waals surface area contributed by atoms with Gasteiger partial charge in [-0.3, -0.25) is 14.6 Å². The third-order valence-electron chi connectivity index (χ3n) is 2.42. The van der Waals surface area contributed by atoms with E-state index in [1.54, 1.807) is 17.2 Å². The Morgan fingerprint density at radius 3 is 3.00 bits per heavy atom. The van der Waals surface area contributed by atoms with Crippen LogP contribution >= 0.6 is 23.4 Å². The second kappa shape index (κ2) is 5.06. The molecule has 1 aliphatic heterocycles. The number of pyridine rings is 1. The summed E-state index contributed by atoms with van der Waals surface area (Å²) < 4.78 is 0. The molecule has 4 nitrogen and oxygen atoms in total. The van der Waals surface area contributed by atoms with Crippen molar-refractivity contribution in [2.24, 2.45) is 0 Å². The van der Waals surface area contributed by atoms with Crippen LogP contribution in [0.25, 0.3) is 0 Å². The average Bonchev–Trinajstić information content (AvgIpc) is 2.58. The SMILES string of the molecule is CC(=O)SC1CC(=O)N(c2cncc(Cl)c2)C1. The van der Waals surface area contributed by atoms with Crippen LogP contribution in [-0.2, 0) is 9.59 Å². The molecule has 2 heterocycles. The highest BCUT2D eigenvalue weighted by molar-refractivity contribution is 8.14. The number of hydrogen-bond donors (Lipinski definition) is 0. The molecule has 0 radical (unpaired) electrons. The number of amides is 1. The van der Waals surface area contributed by atoms with E-state index in [2.05, 4.69) is 4.98 Å². The van der Waals surface area contributed by atoms with Crippen LogP contribution in [0.4, 0.5) is 5.69 Å². The third-order valence-corrected chi connectivity index (χ3v) is 3.61. The van der Waals surface area contributed by atoms with E-state index in [1.165, 1.54) is 24.9 Å². The summed E-state index contributed by atoms with van der Waals surface area (Å²) in [4.78, 5) is 28.4. The van der Waals surface area contributed by atoms with Gasteiger partial charge in [-0.2, -0.15) is 0 Å². The topological polar surface area (TPSA) is 50.3 Å². The van der Waals surface area contributed by atoms with Gasteiger partial charge in [-0.15, -0.1) is 0 Å². The van der Waals surface area contributed by atoms with Crippen molar-refractivity contribution >= 4 is 40.1 Å². The number of anilines is 1. The van der Waals surface area contributed by atoms with Crippen molar-refractivity contribution < 1.29 is 9.59 Å². The van der Waals surface area contributed by atoms with Gasteiger partial charge in [0, 0.05) is 31.3 Å². The molecule has 0 spiro atoms. The maximum absolute atomic E-state index is 11.8. The van der Waals surface area contributed by atoms with Crippen LogP contribution in [0.2, 0.25) is 5.02 Å². The van der Waals surface area contributed by atoms with E-state index in [1.807, 2.05) is 0 Å². The zero-order chi connectivity index (χ0) is 12.4. The van der Waals surface area contributed by atoms with Gasteiger partial charge < -0.3 is 4.90 Å². The first-order chi connectivity index (χ1) is 8.06. The van der Waals surface area contributed by atoms with Crippen molar-refractivity contribution in [2.45, 2.75) is 18.6 Å². The summed E-state index contributed by atoms with van der Waals surface area (Å²) in [5.74, 6) is 0.00724. The molecule has 1 fully saturated rings. The number of halogens is 1. The van der Waals surface area contributed by atoms with Crippen molar-refractivity contribution in [1.82, 2.24) is 4.98 Å². The van der Waals surface area contributed by atoms with Gasteiger partial charge in [0.05, 0.1) is 16.9 Å². The third kappa shape index (κ3) is 2.98. The van der Waals surface area contributed by atoms with Gasteiger partial charge in [0.2, 0.25) is 5.91 Å². The van der Waals surface area contributed by atoms with Gasteiger partial charge in [-0.05, 0) is 6.07 Å². The number of thioether (sulfide) groups is 1. The number of hydrogen-bond acceptors (Lipinski definition) is 4. The zero-order valence-electron chi connectivity index (χ0n) is 9.22. The fraction of sp³-hybridized carbons (Fsp3) is 0.364. The van der Waals surface area contributed by atoms with Gasteiger partial charge in [0.25, 0.3) is 0 Å². The van der Waals surface area contributed by atoms with Crippen molar-refractivity contribution in [3.8, 4) is 0 Å². The molecule has 1 aliphatic rings. The quantitative estimate of drug-likeness (QED) is 0.826. The molecule has 0 N–H and O–H groups in total. The molecule has 0 bridgehead atoms. The predicted octanol–water partition coefficient (Wildman–Crippen LogP) is 2.12. The molecule has 1 atom stereocenters. The number of carbonyl (C=O) groups is 2. The first-order valence-electron chi connectivity index (χ1n) is 5.14. The van der Waals surface area contributed by atoms with Crippen LogP contribution < -0.4 is 4.90 Å². The van der Waals surface area contributed by atoms with E-state index < -0.39 is 0 Å². The molecule has 1 saturated heterocycles. The Kier molecular flexibility index (Phi) is 3.69. The summed E-state index contributed by atoms with van der Waals surface area (Å²) >= 11 is 7.05. The van der Waals surface area contributed by atoms with E-state index >= 15 is 0 Å². The monoisotopic (exact) mass is 270 g/mol. The molecular formula is C11H11ClN2O2S. The Balaban J connectivity index is 2.13. The van der Waals surface area contributed by atoms with Gasteiger partial charge >= 0.3 is 0 Å².